The van der Waals surface area contributed by atoms with Crippen LogP contribution >= 0.6 is 0 Å². The quantitative estimate of drug-likeness (QED) is 0.747. The molecule has 1 aromatic carbocycles. The number of pyridine rings is 1. The van der Waals surface area contributed by atoms with E-state index in [1.54, 1.807) is 25.1 Å². The average Bonchev–Trinajstić information content (AvgIpc) is 2.93. The number of hydrogen-bond donors (Lipinski definition) is 1. The molecule has 0 atom stereocenters. The van der Waals surface area contributed by atoms with Crippen LogP contribution in [0.4, 0.5) is 5.69 Å². The van der Waals surface area contributed by atoms with E-state index in [1.807, 2.05) is 0 Å². The Hall–Kier alpha value is -3.22. The molecule has 116 valence electrons. The van der Waals surface area contributed by atoms with Crippen LogP contribution in [0.15, 0.2) is 40.9 Å². The van der Waals surface area contributed by atoms with Crippen molar-refractivity contribution in [1.29, 1.82) is 0 Å². The van der Waals surface area contributed by atoms with Gasteiger partial charge >= 0.3 is 5.97 Å². The minimum atomic E-state index is -0.503. The lowest BCUT2D eigenvalue weighted by Gasteiger charge is -2.05. The summed E-state index contributed by atoms with van der Waals surface area (Å²) in [5.74, 6) is -0.333. The second-order valence-electron chi connectivity index (χ2n) is 4.79. The van der Waals surface area contributed by atoms with Gasteiger partial charge in [0.05, 0.1) is 12.7 Å². The van der Waals surface area contributed by atoms with Crippen LogP contribution < -0.4 is 5.32 Å². The first-order chi connectivity index (χ1) is 11.1. The zero-order valence-electron chi connectivity index (χ0n) is 12.5. The second-order valence-corrected chi connectivity index (χ2v) is 4.79. The third kappa shape index (κ3) is 3.03. The van der Waals surface area contributed by atoms with E-state index in [1.165, 1.54) is 25.4 Å². The van der Waals surface area contributed by atoms with Crippen molar-refractivity contribution in [2.45, 2.75) is 6.92 Å². The van der Waals surface area contributed by atoms with Crippen LogP contribution in [0.25, 0.3) is 11.1 Å². The molecule has 0 saturated carbocycles. The average molecular weight is 311 g/mol. The van der Waals surface area contributed by atoms with Crippen molar-refractivity contribution >= 4 is 28.7 Å². The lowest BCUT2D eigenvalue weighted by molar-refractivity contribution is 0.0600. The highest BCUT2D eigenvalue weighted by Crippen LogP contribution is 2.20. The van der Waals surface area contributed by atoms with E-state index < -0.39 is 5.97 Å². The lowest BCUT2D eigenvalue weighted by atomic mass is 10.2. The van der Waals surface area contributed by atoms with E-state index in [2.05, 4.69) is 20.0 Å². The highest BCUT2D eigenvalue weighted by Gasteiger charge is 2.11. The molecule has 0 unspecified atom stereocenters. The zero-order chi connectivity index (χ0) is 16.4. The lowest BCUT2D eigenvalue weighted by Crippen LogP contribution is -2.14. The van der Waals surface area contributed by atoms with Crippen LogP contribution in [0.1, 0.15) is 26.7 Å². The summed E-state index contributed by atoms with van der Waals surface area (Å²) < 4.78 is 9.96. The first kappa shape index (κ1) is 14.7. The fraction of sp³-hybridized carbons (Fsp3) is 0.125. The van der Waals surface area contributed by atoms with Gasteiger partial charge in [0, 0.05) is 18.8 Å². The third-order valence-electron chi connectivity index (χ3n) is 3.17. The van der Waals surface area contributed by atoms with E-state index in [4.69, 9.17) is 4.42 Å². The van der Waals surface area contributed by atoms with Crippen molar-refractivity contribution < 1.29 is 18.7 Å². The highest BCUT2D eigenvalue weighted by atomic mass is 16.5. The van der Waals surface area contributed by atoms with Gasteiger partial charge in [-0.25, -0.2) is 9.78 Å². The zero-order valence-corrected chi connectivity index (χ0v) is 12.5. The van der Waals surface area contributed by atoms with Crippen LogP contribution in [0.2, 0.25) is 0 Å². The highest BCUT2D eigenvalue weighted by molar-refractivity contribution is 6.04. The number of carbonyl (C=O) groups is 2. The van der Waals surface area contributed by atoms with Gasteiger partial charge in [-0.1, -0.05) is 0 Å². The van der Waals surface area contributed by atoms with E-state index in [0.717, 1.165) is 0 Å². The number of nitrogens with one attached hydrogen (secondary N) is 1. The van der Waals surface area contributed by atoms with Gasteiger partial charge in [0.1, 0.15) is 11.2 Å². The van der Waals surface area contributed by atoms with E-state index in [-0.39, 0.29) is 17.2 Å². The molecule has 23 heavy (non-hydrogen) atoms. The summed E-state index contributed by atoms with van der Waals surface area (Å²) in [7, 11) is 1.28. The van der Waals surface area contributed by atoms with Crippen molar-refractivity contribution in [3.63, 3.8) is 0 Å². The predicted octanol–water partition coefficient (Wildman–Crippen LogP) is 2.57. The van der Waals surface area contributed by atoms with Gasteiger partial charge in [0.2, 0.25) is 0 Å². The largest absolute Gasteiger partial charge is 0.465 e. The smallest absolute Gasteiger partial charge is 0.339 e. The summed E-state index contributed by atoms with van der Waals surface area (Å²) in [5, 5.41) is 2.72. The standard InChI is InChI=1S/C16H13N3O4/c1-9-18-13-7-11(4-6-14(13)23-9)19-15(20)12-5-3-10(8-17-12)16(21)22-2/h3-8H,1-2H3,(H,19,20). The molecule has 3 aromatic rings. The Morgan fingerprint density at radius 2 is 2.04 bits per heavy atom. The van der Waals surface area contributed by atoms with Gasteiger partial charge in [-0.3, -0.25) is 9.78 Å². The number of hydrogen-bond acceptors (Lipinski definition) is 6. The molecule has 1 N–H and O–H groups in total. The summed E-state index contributed by atoms with van der Waals surface area (Å²) in [6.45, 7) is 1.75. The molecule has 0 saturated heterocycles. The molecule has 0 radical (unpaired) electrons. The Balaban J connectivity index is 1.78. The van der Waals surface area contributed by atoms with E-state index in [9.17, 15) is 9.59 Å². The number of aromatic nitrogens is 2. The number of oxazole rings is 1. The molecule has 7 nitrogen and oxygen atoms in total. The van der Waals surface area contributed by atoms with Crippen molar-refractivity contribution in [1.82, 2.24) is 9.97 Å². The molecule has 1 amide bonds. The SMILES string of the molecule is COC(=O)c1ccc(C(=O)Nc2ccc3oc(C)nc3c2)nc1. The maximum Gasteiger partial charge on any atom is 0.339 e. The van der Waals surface area contributed by atoms with Crippen molar-refractivity contribution in [3.8, 4) is 0 Å². The number of aryl methyl sites for hydroxylation is 1. The molecule has 0 aliphatic heterocycles. The number of rotatable bonds is 3. The number of fused-ring (bicyclic) bond motifs is 1. The monoisotopic (exact) mass is 311 g/mol. The predicted molar refractivity (Wildman–Crippen MR) is 82.3 cm³/mol. The second kappa shape index (κ2) is 5.88. The summed E-state index contributed by atoms with van der Waals surface area (Å²) in [4.78, 5) is 31.7. The molecule has 2 aromatic heterocycles. The molecular weight excluding hydrogens is 298 g/mol. The van der Waals surface area contributed by atoms with E-state index >= 15 is 0 Å². The van der Waals surface area contributed by atoms with Gasteiger partial charge in [0.25, 0.3) is 5.91 Å². The van der Waals surface area contributed by atoms with Crippen LogP contribution in [-0.2, 0) is 4.74 Å². The van der Waals surface area contributed by atoms with Crippen molar-refractivity contribution in [2.24, 2.45) is 0 Å². The fourth-order valence-electron chi connectivity index (χ4n) is 2.08. The van der Waals surface area contributed by atoms with Gasteiger partial charge in [0.15, 0.2) is 11.5 Å². The Bertz CT molecular complexity index is 884. The maximum atomic E-state index is 12.2. The Morgan fingerprint density at radius 3 is 2.74 bits per heavy atom. The molecule has 0 bridgehead atoms. The first-order valence-electron chi connectivity index (χ1n) is 6.80. The number of esters is 1. The number of nitrogens with zero attached hydrogens (tertiary/aromatic N) is 2. The summed E-state index contributed by atoms with van der Waals surface area (Å²) in [5.41, 5.74) is 2.36. The number of benzene rings is 1. The number of anilines is 1. The van der Waals surface area contributed by atoms with E-state index in [0.29, 0.717) is 22.7 Å². The Kier molecular flexibility index (Phi) is 3.76. The van der Waals surface area contributed by atoms with Crippen LogP contribution in [0.3, 0.4) is 0 Å². The fourth-order valence-corrected chi connectivity index (χ4v) is 2.08. The number of amides is 1. The van der Waals surface area contributed by atoms with Gasteiger partial charge < -0.3 is 14.5 Å². The molecule has 0 aliphatic rings. The molecule has 7 heteroatoms. The maximum absolute atomic E-state index is 12.2. The molecular formula is C16H13N3O4. The number of methoxy groups -OCH3 is 1. The van der Waals surface area contributed by atoms with Crippen molar-refractivity contribution in [2.75, 3.05) is 12.4 Å². The number of carbonyl (C=O) groups excluding carboxylic acids is 2. The summed E-state index contributed by atoms with van der Waals surface area (Å²) in [6.07, 6.45) is 1.30. The van der Waals surface area contributed by atoms with Crippen LogP contribution in [-0.4, -0.2) is 29.0 Å². The topological polar surface area (TPSA) is 94.3 Å². The van der Waals surface area contributed by atoms with Crippen molar-refractivity contribution in [3.05, 3.63) is 53.7 Å². The third-order valence-corrected chi connectivity index (χ3v) is 3.17. The van der Waals surface area contributed by atoms with Gasteiger partial charge in [-0.2, -0.15) is 0 Å². The Morgan fingerprint density at radius 1 is 1.22 bits per heavy atom. The summed E-state index contributed by atoms with van der Waals surface area (Å²) in [6, 6.07) is 8.11. The molecule has 0 fully saturated rings. The number of ether oxygens (including phenoxy) is 1. The molecule has 3 rings (SSSR count). The normalized spacial score (nSPS) is 10.5. The minimum Gasteiger partial charge on any atom is -0.465 e. The molecule has 0 spiro atoms. The van der Waals surface area contributed by atoms with Gasteiger partial charge in [-0.15, -0.1) is 0 Å². The summed E-state index contributed by atoms with van der Waals surface area (Å²) >= 11 is 0. The molecule has 0 aliphatic carbocycles. The van der Waals surface area contributed by atoms with Crippen LogP contribution in [0.5, 0.6) is 0 Å². The first-order valence-corrected chi connectivity index (χ1v) is 6.80. The van der Waals surface area contributed by atoms with Gasteiger partial charge in [-0.05, 0) is 30.3 Å². The molecule has 2 heterocycles. The minimum absolute atomic E-state index is 0.189. The van der Waals surface area contributed by atoms with Crippen LogP contribution in [0, 0.1) is 6.92 Å². The Labute approximate surface area is 131 Å².